The van der Waals surface area contributed by atoms with Gasteiger partial charge in [0, 0.05) is 24.2 Å². The van der Waals surface area contributed by atoms with Gasteiger partial charge in [-0.15, -0.1) is 11.8 Å². The minimum Gasteiger partial charge on any atom is -0.380 e. The number of aromatic amines is 1. The van der Waals surface area contributed by atoms with E-state index in [9.17, 15) is 13.9 Å². The molecular weight excluding hydrogens is 358 g/mol. The van der Waals surface area contributed by atoms with Crippen LogP contribution < -0.4 is 0 Å². The Morgan fingerprint density at radius 3 is 2.65 bits per heavy atom. The molecule has 3 aromatic rings. The lowest BCUT2D eigenvalue weighted by Gasteiger charge is -2.30. The highest BCUT2D eigenvalue weighted by Gasteiger charge is 2.37. The summed E-state index contributed by atoms with van der Waals surface area (Å²) in [7, 11) is 0. The Kier molecular flexibility index (Phi) is 5.15. The molecule has 0 saturated heterocycles. The molecule has 0 aliphatic heterocycles. The van der Waals surface area contributed by atoms with Crippen LogP contribution in [0.25, 0.3) is 5.57 Å². The molecule has 0 spiro atoms. The van der Waals surface area contributed by atoms with E-state index in [1.807, 2.05) is 6.26 Å². The van der Waals surface area contributed by atoms with E-state index >= 15 is 0 Å². The molecule has 0 aliphatic carbocycles. The van der Waals surface area contributed by atoms with E-state index in [-0.39, 0.29) is 17.6 Å². The highest BCUT2D eigenvalue weighted by molar-refractivity contribution is 7.98. The quantitative estimate of drug-likeness (QED) is 0.648. The lowest BCUT2D eigenvalue weighted by atomic mass is 9.80. The molecule has 134 valence electrons. The first-order chi connectivity index (χ1) is 12.4. The van der Waals surface area contributed by atoms with Gasteiger partial charge in [0.25, 0.3) is 0 Å². The molecule has 5 nitrogen and oxygen atoms in total. The minimum atomic E-state index is -1.86. The fourth-order valence-corrected chi connectivity index (χ4v) is 3.03. The van der Waals surface area contributed by atoms with Gasteiger partial charge in [-0.2, -0.15) is 5.10 Å². The average Bonchev–Trinajstić information content (AvgIpc) is 3.13. The molecule has 3 rings (SSSR count). The highest BCUT2D eigenvalue weighted by Crippen LogP contribution is 2.39. The summed E-state index contributed by atoms with van der Waals surface area (Å²) in [5.41, 5.74) is -1.21. The van der Waals surface area contributed by atoms with E-state index in [1.165, 1.54) is 24.2 Å². The normalized spacial score (nSPS) is 13.4. The Hall–Kier alpha value is -2.58. The number of nitrogens with zero attached hydrogens (tertiary/aromatic N) is 3. The molecule has 1 aromatic carbocycles. The largest absolute Gasteiger partial charge is 0.380 e. The molecule has 0 bridgehead atoms. The van der Waals surface area contributed by atoms with E-state index in [2.05, 4.69) is 26.7 Å². The number of benzene rings is 1. The molecule has 0 radical (unpaired) electrons. The van der Waals surface area contributed by atoms with E-state index < -0.39 is 17.2 Å². The first-order valence-corrected chi connectivity index (χ1v) is 8.88. The maximum Gasteiger partial charge on any atom is 0.137 e. The Labute approximate surface area is 153 Å². The molecule has 1 atom stereocenters. The maximum atomic E-state index is 14.5. The number of halogens is 2. The molecule has 2 aromatic heterocycles. The fourth-order valence-electron chi connectivity index (χ4n) is 2.67. The molecular formula is C18H16F2N4OS. The van der Waals surface area contributed by atoms with Crippen molar-refractivity contribution in [2.75, 3.05) is 6.26 Å². The van der Waals surface area contributed by atoms with Crippen molar-refractivity contribution in [1.82, 2.24) is 20.2 Å². The molecule has 2 heterocycles. The van der Waals surface area contributed by atoms with Crippen LogP contribution in [0, 0.1) is 11.6 Å². The second kappa shape index (κ2) is 7.35. The number of pyridine rings is 1. The molecule has 0 fully saturated rings. The summed E-state index contributed by atoms with van der Waals surface area (Å²) in [4.78, 5) is 8.25. The lowest BCUT2D eigenvalue weighted by molar-refractivity contribution is 0.0947. The predicted molar refractivity (Wildman–Crippen MR) is 95.4 cm³/mol. The van der Waals surface area contributed by atoms with Gasteiger partial charge in [0.15, 0.2) is 0 Å². The molecule has 0 amide bonds. The van der Waals surface area contributed by atoms with Crippen LogP contribution >= 0.6 is 11.8 Å². The average molecular weight is 374 g/mol. The summed E-state index contributed by atoms with van der Waals surface area (Å²) < 4.78 is 27.8. The third-order valence-corrected chi connectivity index (χ3v) is 4.72. The van der Waals surface area contributed by atoms with Crippen LogP contribution in [0.5, 0.6) is 0 Å². The van der Waals surface area contributed by atoms with Crippen molar-refractivity contribution in [3.05, 3.63) is 78.0 Å². The standard InChI is InChI=1S/C18H16F2N4OS/c1-11(12-3-6-17(26-2)21-9-12)18(25,8-16-22-10-23-24-16)14-5-4-13(19)7-15(14)20/h3-7,9-10,25H,1,8H2,2H3,(H,22,23,24). The number of thioether (sulfide) groups is 1. The molecule has 26 heavy (non-hydrogen) atoms. The summed E-state index contributed by atoms with van der Waals surface area (Å²) in [6.45, 7) is 3.95. The van der Waals surface area contributed by atoms with Crippen molar-refractivity contribution in [2.24, 2.45) is 0 Å². The van der Waals surface area contributed by atoms with E-state index in [4.69, 9.17) is 0 Å². The number of rotatable bonds is 6. The number of aromatic nitrogens is 4. The monoisotopic (exact) mass is 374 g/mol. The van der Waals surface area contributed by atoms with Crippen LogP contribution in [0.2, 0.25) is 0 Å². The highest BCUT2D eigenvalue weighted by atomic mass is 32.2. The van der Waals surface area contributed by atoms with Crippen LogP contribution in [-0.4, -0.2) is 31.5 Å². The Morgan fingerprint density at radius 1 is 1.27 bits per heavy atom. The topological polar surface area (TPSA) is 74.7 Å². The Balaban J connectivity index is 2.08. The van der Waals surface area contributed by atoms with Gasteiger partial charge >= 0.3 is 0 Å². The Bertz CT molecular complexity index is 915. The second-order valence-corrected chi connectivity index (χ2v) is 6.49. The molecule has 1 unspecified atom stereocenters. The zero-order chi connectivity index (χ0) is 18.7. The Morgan fingerprint density at radius 2 is 2.08 bits per heavy atom. The number of H-pyrrole nitrogens is 1. The van der Waals surface area contributed by atoms with Crippen LogP contribution in [0.1, 0.15) is 17.0 Å². The van der Waals surface area contributed by atoms with Gasteiger partial charge in [0.05, 0.1) is 5.03 Å². The fraction of sp³-hybridized carbons (Fsp3) is 0.167. The number of hydrogen-bond acceptors (Lipinski definition) is 5. The van der Waals surface area contributed by atoms with Crippen LogP contribution in [-0.2, 0) is 12.0 Å². The van der Waals surface area contributed by atoms with Gasteiger partial charge in [-0.05, 0) is 35.6 Å². The third-order valence-electron chi connectivity index (χ3n) is 4.06. The van der Waals surface area contributed by atoms with Crippen LogP contribution in [0.3, 0.4) is 0 Å². The molecule has 2 N–H and O–H groups in total. The second-order valence-electron chi connectivity index (χ2n) is 5.66. The van der Waals surface area contributed by atoms with Crippen molar-refractivity contribution >= 4 is 17.3 Å². The molecule has 0 saturated carbocycles. The zero-order valence-corrected chi connectivity index (χ0v) is 14.7. The first kappa shape index (κ1) is 18.2. The van der Waals surface area contributed by atoms with Gasteiger partial charge < -0.3 is 5.11 Å². The number of nitrogens with one attached hydrogen (secondary N) is 1. The zero-order valence-electron chi connectivity index (χ0n) is 13.9. The van der Waals surface area contributed by atoms with E-state index in [0.29, 0.717) is 11.4 Å². The smallest absolute Gasteiger partial charge is 0.137 e. The van der Waals surface area contributed by atoms with Gasteiger partial charge in [0.1, 0.15) is 29.4 Å². The van der Waals surface area contributed by atoms with Crippen molar-refractivity contribution < 1.29 is 13.9 Å². The van der Waals surface area contributed by atoms with Crippen molar-refractivity contribution in [3.8, 4) is 0 Å². The maximum absolute atomic E-state index is 14.5. The van der Waals surface area contributed by atoms with Crippen LogP contribution in [0.4, 0.5) is 8.78 Å². The van der Waals surface area contributed by atoms with E-state index in [0.717, 1.165) is 17.2 Å². The summed E-state index contributed by atoms with van der Waals surface area (Å²) >= 11 is 1.47. The van der Waals surface area contributed by atoms with Crippen LogP contribution in [0.15, 0.2) is 54.5 Å². The SMILES string of the molecule is C=C(c1ccc(SC)nc1)C(O)(Cc1ncn[nH]1)c1ccc(F)cc1F. The number of aliphatic hydroxyl groups is 1. The van der Waals surface area contributed by atoms with Crippen molar-refractivity contribution in [2.45, 2.75) is 17.0 Å². The lowest BCUT2D eigenvalue weighted by Crippen LogP contribution is -2.32. The predicted octanol–water partition coefficient (Wildman–Crippen LogP) is 3.34. The van der Waals surface area contributed by atoms with Crippen molar-refractivity contribution in [3.63, 3.8) is 0 Å². The minimum absolute atomic E-state index is 0.103. The van der Waals surface area contributed by atoms with Gasteiger partial charge in [0.2, 0.25) is 0 Å². The summed E-state index contributed by atoms with van der Waals surface area (Å²) in [6, 6.07) is 6.54. The van der Waals surface area contributed by atoms with Crippen molar-refractivity contribution in [1.29, 1.82) is 0 Å². The van der Waals surface area contributed by atoms with Gasteiger partial charge in [-0.1, -0.05) is 12.6 Å². The summed E-state index contributed by atoms with van der Waals surface area (Å²) in [6.07, 6.45) is 4.62. The van der Waals surface area contributed by atoms with Gasteiger partial charge in [-0.25, -0.2) is 18.7 Å². The third kappa shape index (κ3) is 3.51. The molecule has 8 heteroatoms. The summed E-state index contributed by atoms with van der Waals surface area (Å²) in [5.74, 6) is -1.27. The van der Waals surface area contributed by atoms with Gasteiger partial charge in [-0.3, -0.25) is 5.10 Å². The van der Waals surface area contributed by atoms with E-state index in [1.54, 1.807) is 18.3 Å². The molecule has 0 aliphatic rings. The summed E-state index contributed by atoms with van der Waals surface area (Å²) in [5, 5.41) is 18.6. The number of hydrogen-bond donors (Lipinski definition) is 2. The first-order valence-electron chi connectivity index (χ1n) is 7.66.